The smallest absolute Gasteiger partial charge is 0.247 e. The molecule has 1 aliphatic rings. The minimum atomic E-state index is -1.60. The quantitative estimate of drug-likeness (QED) is 0.0163. The lowest BCUT2D eigenvalue weighted by Crippen LogP contribution is -2.60. The van der Waals surface area contributed by atoms with E-state index < -0.39 is 95.5 Å². The van der Waals surface area contributed by atoms with E-state index in [0.29, 0.717) is 17.7 Å². The summed E-state index contributed by atoms with van der Waals surface area (Å²) in [7, 11) is 0. The van der Waals surface area contributed by atoms with Crippen molar-refractivity contribution in [3.63, 3.8) is 0 Å². The lowest BCUT2D eigenvalue weighted by molar-refractivity contribution is -0.135. The molecule has 1 heterocycles. The summed E-state index contributed by atoms with van der Waals surface area (Å²) >= 11 is 0. The summed E-state index contributed by atoms with van der Waals surface area (Å²) in [6.45, 7) is 2.65. The first-order chi connectivity index (χ1) is 40.2. The standard InChI is InChI=1S/C55H82N20O9/c1-2-84-29-28-64-44(76)23-22-41-49(81)74-42(31-33-12-4-3-5-13-33)51(83)75-43(32-34-20-21-35-14-6-7-15-36(35)30-34)50(82)72-40(19-11-27-68-55(62)63)47(79)70-38(17-9-25-66-53(58)59)45(77)69-37(16-8-24-65-52(56)57)46(78)71-39(48(80)73-41)18-10-26-67-54(60)61/h3-7,9,12-15,17,20-21,30,37-43H,2,8,10-11,16,18-19,22-29,31-32H2,1H3,(H,64,76)(H,69,77)(H,70,79)(H,71,78)(H,72,82)(H,73,80)(H,74,81)(H,75,83)(H4,56,57,65)(H4,58,59,66)(H4,60,61,67)(H4,62,63,68)/b17-9+/t37-,38+,39+,40-,41-,42+,43-/m0/s1. The van der Waals surface area contributed by atoms with Gasteiger partial charge in [0.25, 0.3) is 0 Å². The van der Waals surface area contributed by atoms with Gasteiger partial charge in [-0.05, 0) is 73.8 Å². The maximum absolute atomic E-state index is 15.0. The van der Waals surface area contributed by atoms with Crippen molar-refractivity contribution in [1.82, 2.24) is 63.8 Å². The highest BCUT2D eigenvalue weighted by Crippen LogP contribution is 2.18. The lowest BCUT2D eigenvalue weighted by Gasteiger charge is -2.28. The first kappa shape index (κ1) is 67.0. The van der Waals surface area contributed by atoms with Gasteiger partial charge in [0, 0.05) is 58.6 Å². The van der Waals surface area contributed by atoms with Crippen molar-refractivity contribution >= 4 is 81.9 Å². The molecule has 1 saturated heterocycles. The van der Waals surface area contributed by atoms with Crippen molar-refractivity contribution in [1.29, 1.82) is 21.6 Å². The number of guanidine groups is 4. The molecule has 456 valence electrons. The summed E-state index contributed by atoms with van der Waals surface area (Å²) < 4.78 is 5.34. The van der Waals surface area contributed by atoms with E-state index in [-0.39, 0.29) is 121 Å². The number of carbonyl (C=O) groups excluding carboxylic acids is 8. The predicted octanol–water partition coefficient (Wildman–Crippen LogP) is -3.21. The minimum absolute atomic E-state index is 0.0622. The normalized spacial score (nSPS) is 20.2. The molecule has 29 heteroatoms. The molecule has 84 heavy (non-hydrogen) atoms. The van der Waals surface area contributed by atoms with Crippen LogP contribution in [0.25, 0.3) is 10.8 Å². The molecule has 3 aromatic rings. The number of hydrogen-bond acceptors (Lipinski definition) is 13. The maximum atomic E-state index is 15.0. The second-order valence-electron chi connectivity index (χ2n) is 19.7. The Balaban J connectivity index is 1.93. The van der Waals surface area contributed by atoms with Crippen molar-refractivity contribution in [2.75, 3.05) is 45.9 Å². The zero-order valence-electron chi connectivity index (χ0n) is 47.1. The minimum Gasteiger partial charge on any atom is -0.380 e. The molecule has 1 fully saturated rings. The van der Waals surface area contributed by atoms with Gasteiger partial charge in [0.05, 0.1) is 6.61 Å². The zero-order chi connectivity index (χ0) is 61.4. The number of benzene rings is 3. The van der Waals surface area contributed by atoms with E-state index in [0.717, 1.165) is 10.8 Å². The monoisotopic (exact) mass is 1170 g/mol. The van der Waals surface area contributed by atoms with Gasteiger partial charge in [-0.15, -0.1) is 0 Å². The molecule has 7 atom stereocenters. The third kappa shape index (κ3) is 25.1. The molecule has 4 rings (SSSR count). The summed E-state index contributed by atoms with van der Waals surface area (Å²) in [5.41, 5.74) is 23.3. The molecule has 0 aromatic heterocycles. The van der Waals surface area contributed by atoms with Gasteiger partial charge in [-0.2, -0.15) is 0 Å². The van der Waals surface area contributed by atoms with E-state index in [2.05, 4.69) is 63.8 Å². The zero-order valence-corrected chi connectivity index (χ0v) is 47.1. The maximum Gasteiger partial charge on any atom is 0.247 e. The fourth-order valence-corrected chi connectivity index (χ4v) is 8.75. The molecule has 0 spiro atoms. The van der Waals surface area contributed by atoms with Gasteiger partial charge >= 0.3 is 0 Å². The van der Waals surface area contributed by atoms with Gasteiger partial charge in [0.15, 0.2) is 23.8 Å². The molecule has 0 aliphatic carbocycles. The van der Waals surface area contributed by atoms with Crippen LogP contribution in [0.1, 0.15) is 69.4 Å². The molecule has 0 unspecified atom stereocenters. The van der Waals surface area contributed by atoms with Gasteiger partial charge < -0.3 is 91.5 Å². The Labute approximate surface area is 487 Å². The molecule has 8 amide bonds. The van der Waals surface area contributed by atoms with Crippen LogP contribution < -0.4 is 86.7 Å². The number of hydrogen-bond donors (Lipinski definition) is 20. The third-order valence-corrected chi connectivity index (χ3v) is 13.0. The Morgan fingerprint density at radius 1 is 0.488 bits per heavy atom. The van der Waals surface area contributed by atoms with Gasteiger partial charge in [0.2, 0.25) is 47.3 Å². The Morgan fingerprint density at radius 2 is 0.917 bits per heavy atom. The van der Waals surface area contributed by atoms with Crippen LogP contribution >= 0.6 is 0 Å². The van der Waals surface area contributed by atoms with E-state index >= 15 is 0 Å². The average Bonchev–Trinajstić information content (AvgIpc) is 3.66. The van der Waals surface area contributed by atoms with E-state index in [1.165, 1.54) is 12.2 Å². The van der Waals surface area contributed by atoms with Crippen molar-refractivity contribution in [3.8, 4) is 0 Å². The van der Waals surface area contributed by atoms with Crippen LogP contribution in [0.4, 0.5) is 0 Å². The summed E-state index contributed by atoms with van der Waals surface area (Å²) in [6.07, 6.45) is 1.70. The summed E-state index contributed by atoms with van der Waals surface area (Å²) in [5, 5.41) is 64.5. The Bertz CT molecular complexity index is 2780. The molecule has 24 N–H and O–H groups in total. The van der Waals surface area contributed by atoms with Crippen molar-refractivity contribution < 1.29 is 43.1 Å². The summed E-state index contributed by atoms with van der Waals surface area (Å²) in [4.78, 5) is 117. The first-order valence-corrected chi connectivity index (χ1v) is 27.7. The van der Waals surface area contributed by atoms with Crippen LogP contribution in [0.2, 0.25) is 0 Å². The topological polar surface area (TPSA) is 490 Å². The molecule has 0 bridgehead atoms. The number of rotatable bonds is 26. The highest BCUT2D eigenvalue weighted by Gasteiger charge is 2.36. The highest BCUT2D eigenvalue weighted by molar-refractivity contribution is 5.99. The van der Waals surface area contributed by atoms with Crippen LogP contribution in [0, 0.1) is 21.6 Å². The Hall–Kier alpha value is -9.54. The molecule has 29 nitrogen and oxygen atoms in total. The van der Waals surface area contributed by atoms with Crippen molar-refractivity contribution in [3.05, 3.63) is 96.1 Å². The molecular formula is C55H82N20O9. The molecule has 1 aliphatic heterocycles. The number of nitrogens with one attached hydrogen (secondary N) is 16. The lowest BCUT2D eigenvalue weighted by atomic mass is 9.99. The third-order valence-electron chi connectivity index (χ3n) is 13.0. The fourth-order valence-electron chi connectivity index (χ4n) is 8.75. The molecular weight excluding hydrogens is 1080 g/mol. The van der Waals surface area contributed by atoms with Crippen molar-refractivity contribution in [2.45, 2.75) is 113 Å². The van der Waals surface area contributed by atoms with E-state index in [1.54, 1.807) is 43.3 Å². The van der Waals surface area contributed by atoms with Crippen LogP contribution in [0.15, 0.2) is 84.9 Å². The summed E-state index contributed by atoms with van der Waals surface area (Å²) in [5.74, 6) is -8.29. The number of ether oxygens (including phenoxy) is 1. The van der Waals surface area contributed by atoms with Crippen molar-refractivity contribution in [2.24, 2.45) is 22.9 Å². The highest BCUT2D eigenvalue weighted by atomic mass is 16.5. The van der Waals surface area contributed by atoms with Gasteiger partial charge in [-0.1, -0.05) is 84.9 Å². The van der Waals surface area contributed by atoms with Crippen LogP contribution in [0.5, 0.6) is 0 Å². The van der Waals surface area contributed by atoms with Gasteiger partial charge in [-0.3, -0.25) is 60.0 Å². The van der Waals surface area contributed by atoms with Crippen LogP contribution in [0.3, 0.4) is 0 Å². The number of carbonyl (C=O) groups is 8. The number of amides is 8. The predicted molar refractivity (Wildman–Crippen MR) is 317 cm³/mol. The first-order valence-electron chi connectivity index (χ1n) is 27.7. The second kappa shape index (κ2) is 36.0. The molecule has 0 radical (unpaired) electrons. The van der Waals surface area contributed by atoms with E-state index in [1.807, 2.05) is 36.4 Å². The summed E-state index contributed by atoms with van der Waals surface area (Å²) in [6, 6.07) is 11.2. The van der Waals surface area contributed by atoms with Crippen LogP contribution in [-0.2, 0) is 55.9 Å². The fraction of sp³-hybridized carbons (Fsp3) is 0.455. The number of fused-ring (bicyclic) bond motifs is 1. The number of nitrogens with two attached hydrogens (primary N) is 4. The Morgan fingerprint density at radius 3 is 1.42 bits per heavy atom. The van der Waals surface area contributed by atoms with Gasteiger partial charge in [-0.25, -0.2) is 0 Å². The largest absolute Gasteiger partial charge is 0.380 e. The van der Waals surface area contributed by atoms with Crippen LogP contribution in [-0.4, -0.2) is 159 Å². The molecule has 3 aromatic carbocycles. The van der Waals surface area contributed by atoms with E-state index in [4.69, 9.17) is 49.3 Å². The van der Waals surface area contributed by atoms with Gasteiger partial charge in [0.1, 0.15) is 42.3 Å². The SMILES string of the molecule is CCOCCNC(=O)CC[C@@H]1NC(=O)[C@@H](CCCNC(=N)N)NC(=O)[C@H](CCCNC(=N)N)NC(=O)[C@@H](/C=C/CNC(=N)N)NC(=O)[C@H](CCCNC(=N)N)NC(=O)[C@H](Cc2ccc3ccccc3c2)NC(=O)[C@@H](Cc2ccccc2)NC1=O. The second-order valence-corrected chi connectivity index (χ2v) is 19.7. The Kier molecular flexibility index (Phi) is 28.7. The average molecular weight is 1170 g/mol. The van der Waals surface area contributed by atoms with E-state index in [9.17, 15) is 38.4 Å². The molecule has 0 saturated carbocycles.